The zero-order valence-corrected chi connectivity index (χ0v) is 9.28. The monoisotopic (exact) mass is 245 g/mol. The SMILES string of the molecule is [N-]=[N+]=NC(CCO)c1ccc(Cl)cc1Cl. The summed E-state index contributed by atoms with van der Waals surface area (Å²) in [6.45, 7) is -0.0668. The highest BCUT2D eigenvalue weighted by Crippen LogP contribution is 2.30. The summed E-state index contributed by atoms with van der Waals surface area (Å²) in [5, 5.41) is 13.3. The number of nitrogens with zero attached hydrogens (tertiary/aromatic N) is 3. The predicted molar refractivity (Wildman–Crippen MR) is 60.1 cm³/mol. The van der Waals surface area contributed by atoms with Crippen molar-refractivity contribution in [3.63, 3.8) is 0 Å². The van der Waals surface area contributed by atoms with E-state index in [2.05, 4.69) is 10.0 Å². The van der Waals surface area contributed by atoms with Gasteiger partial charge in [0.05, 0.1) is 6.04 Å². The van der Waals surface area contributed by atoms with Crippen LogP contribution in [0.2, 0.25) is 10.0 Å². The zero-order chi connectivity index (χ0) is 11.3. The molecule has 0 amide bonds. The van der Waals surface area contributed by atoms with Gasteiger partial charge in [-0.25, -0.2) is 0 Å². The summed E-state index contributed by atoms with van der Waals surface area (Å²) in [5.74, 6) is 0. The summed E-state index contributed by atoms with van der Waals surface area (Å²) >= 11 is 11.7. The van der Waals surface area contributed by atoms with Gasteiger partial charge in [0.25, 0.3) is 0 Å². The summed E-state index contributed by atoms with van der Waals surface area (Å²) in [6.07, 6.45) is 0.339. The van der Waals surface area contributed by atoms with Crippen molar-refractivity contribution in [1.29, 1.82) is 0 Å². The fourth-order valence-electron chi connectivity index (χ4n) is 1.23. The van der Waals surface area contributed by atoms with Crippen molar-refractivity contribution in [3.05, 3.63) is 44.3 Å². The molecule has 1 atom stereocenters. The smallest absolute Gasteiger partial charge is 0.0661 e. The fraction of sp³-hybridized carbons (Fsp3) is 0.333. The van der Waals surface area contributed by atoms with Crippen LogP contribution in [0.3, 0.4) is 0 Å². The molecule has 0 aliphatic heterocycles. The minimum atomic E-state index is -0.454. The van der Waals surface area contributed by atoms with Crippen LogP contribution in [0.1, 0.15) is 18.0 Å². The Balaban J connectivity index is 3.05. The summed E-state index contributed by atoms with van der Waals surface area (Å²) in [5.41, 5.74) is 9.05. The molecule has 1 aromatic rings. The molecular weight excluding hydrogens is 237 g/mol. The molecule has 1 N–H and O–H groups in total. The lowest BCUT2D eigenvalue weighted by molar-refractivity contribution is 0.276. The van der Waals surface area contributed by atoms with Gasteiger partial charge in [0, 0.05) is 21.6 Å². The molecule has 6 heteroatoms. The maximum Gasteiger partial charge on any atom is 0.0661 e. The number of hydrogen-bond acceptors (Lipinski definition) is 2. The van der Waals surface area contributed by atoms with Crippen LogP contribution in [0.4, 0.5) is 0 Å². The molecule has 0 heterocycles. The second-order valence-electron chi connectivity index (χ2n) is 2.90. The van der Waals surface area contributed by atoms with E-state index in [0.29, 0.717) is 22.0 Å². The van der Waals surface area contributed by atoms with Gasteiger partial charge >= 0.3 is 0 Å². The van der Waals surface area contributed by atoms with Gasteiger partial charge in [-0.2, -0.15) is 0 Å². The van der Waals surface area contributed by atoms with Gasteiger partial charge in [-0.1, -0.05) is 34.4 Å². The van der Waals surface area contributed by atoms with Crippen molar-refractivity contribution in [2.75, 3.05) is 6.61 Å². The molecule has 0 bridgehead atoms. The van der Waals surface area contributed by atoms with Crippen LogP contribution < -0.4 is 0 Å². The largest absolute Gasteiger partial charge is 0.396 e. The number of hydrogen-bond donors (Lipinski definition) is 1. The van der Waals surface area contributed by atoms with Crippen molar-refractivity contribution in [2.45, 2.75) is 12.5 Å². The highest BCUT2D eigenvalue weighted by molar-refractivity contribution is 6.35. The number of aliphatic hydroxyl groups is 1. The molecule has 0 spiro atoms. The Labute approximate surface area is 97.1 Å². The Morgan fingerprint density at radius 2 is 2.20 bits per heavy atom. The van der Waals surface area contributed by atoms with Crippen molar-refractivity contribution >= 4 is 23.2 Å². The first-order chi connectivity index (χ1) is 7.19. The Morgan fingerprint density at radius 3 is 2.73 bits per heavy atom. The minimum absolute atomic E-state index is 0.0668. The second-order valence-corrected chi connectivity index (χ2v) is 3.74. The van der Waals surface area contributed by atoms with Gasteiger partial charge in [0.2, 0.25) is 0 Å². The lowest BCUT2D eigenvalue weighted by atomic mass is 10.1. The van der Waals surface area contributed by atoms with E-state index in [1.54, 1.807) is 18.2 Å². The van der Waals surface area contributed by atoms with Crippen LogP contribution in [-0.4, -0.2) is 11.7 Å². The lowest BCUT2D eigenvalue weighted by Crippen LogP contribution is -1.98. The van der Waals surface area contributed by atoms with E-state index in [1.165, 1.54) is 0 Å². The van der Waals surface area contributed by atoms with E-state index < -0.39 is 6.04 Å². The van der Waals surface area contributed by atoms with Crippen LogP contribution in [0, 0.1) is 0 Å². The average molecular weight is 246 g/mol. The number of benzene rings is 1. The van der Waals surface area contributed by atoms with Gasteiger partial charge in [0.1, 0.15) is 0 Å². The van der Waals surface area contributed by atoms with Crippen molar-refractivity contribution in [2.24, 2.45) is 5.11 Å². The molecule has 1 rings (SSSR count). The van der Waals surface area contributed by atoms with Gasteiger partial charge in [-0.15, -0.1) is 0 Å². The second kappa shape index (κ2) is 5.83. The third kappa shape index (κ3) is 3.29. The van der Waals surface area contributed by atoms with Crippen molar-refractivity contribution in [3.8, 4) is 0 Å². The molecule has 0 aliphatic rings. The topological polar surface area (TPSA) is 69.0 Å². The Kier molecular flexibility index (Phi) is 4.72. The van der Waals surface area contributed by atoms with Crippen LogP contribution in [0.15, 0.2) is 23.3 Å². The molecule has 4 nitrogen and oxygen atoms in total. The van der Waals surface area contributed by atoms with Crippen LogP contribution in [0.25, 0.3) is 10.4 Å². The molecule has 0 fully saturated rings. The number of halogens is 2. The van der Waals surface area contributed by atoms with Crippen molar-refractivity contribution in [1.82, 2.24) is 0 Å². The molecule has 0 aromatic heterocycles. The number of azide groups is 1. The Hall–Kier alpha value is -0.930. The van der Waals surface area contributed by atoms with E-state index in [1.807, 2.05) is 0 Å². The normalized spacial score (nSPS) is 11.9. The predicted octanol–water partition coefficient (Wildman–Crippen LogP) is 3.73. The van der Waals surface area contributed by atoms with Crippen molar-refractivity contribution < 1.29 is 5.11 Å². The first-order valence-electron chi connectivity index (χ1n) is 4.29. The Morgan fingerprint density at radius 1 is 1.47 bits per heavy atom. The summed E-state index contributed by atoms with van der Waals surface area (Å²) in [4.78, 5) is 2.72. The molecule has 1 unspecified atom stereocenters. The highest BCUT2D eigenvalue weighted by atomic mass is 35.5. The quantitative estimate of drug-likeness (QED) is 0.490. The van der Waals surface area contributed by atoms with Gasteiger partial charge in [-0.3, -0.25) is 0 Å². The zero-order valence-electron chi connectivity index (χ0n) is 7.77. The van der Waals surface area contributed by atoms with Crippen LogP contribution >= 0.6 is 23.2 Å². The van der Waals surface area contributed by atoms with Gasteiger partial charge in [-0.05, 0) is 29.6 Å². The summed E-state index contributed by atoms with van der Waals surface area (Å²) in [7, 11) is 0. The molecular formula is C9H9Cl2N3O. The number of aliphatic hydroxyl groups excluding tert-OH is 1. The molecule has 0 saturated heterocycles. The third-order valence-electron chi connectivity index (χ3n) is 1.92. The van der Waals surface area contributed by atoms with Gasteiger partial charge in [0.15, 0.2) is 0 Å². The molecule has 15 heavy (non-hydrogen) atoms. The summed E-state index contributed by atoms with van der Waals surface area (Å²) < 4.78 is 0. The van der Waals surface area contributed by atoms with E-state index >= 15 is 0 Å². The molecule has 0 aliphatic carbocycles. The fourth-order valence-corrected chi connectivity index (χ4v) is 1.77. The van der Waals surface area contributed by atoms with Crippen LogP contribution in [0.5, 0.6) is 0 Å². The molecule has 0 radical (unpaired) electrons. The first-order valence-corrected chi connectivity index (χ1v) is 5.04. The van der Waals surface area contributed by atoms with Gasteiger partial charge < -0.3 is 5.11 Å². The average Bonchev–Trinajstić information content (AvgIpc) is 2.17. The lowest BCUT2D eigenvalue weighted by Gasteiger charge is -2.11. The minimum Gasteiger partial charge on any atom is -0.396 e. The number of rotatable bonds is 4. The maximum atomic E-state index is 8.82. The van der Waals surface area contributed by atoms with E-state index in [0.717, 1.165) is 0 Å². The van der Waals surface area contributed by atoms with E-state index in [9.17, 15) is 0 Å². The van der Waals surface area contributed by atoms with E-state index in [4.69, 9.17) is 33.8 Å². The van der Waals surface area contributed by atoms with Crippen LogP contribution in [-0.2, 0) is 0 Å². The third-order valence-corrected chi connectivity index (χ3v) is 2.48. The van der Waals surface area contributed by atoms with E-state index in [-0.39, 0.29) is 6.61 Å². The maximum absolute atomic E-state index is 8.82. The molecule has 80 valence electrons. The summed E-state index contributed by atoms with van der Waals surface area (Å²) in [6, 6.07) is 4.49. The molecule has 1 aromatic carbocycles. The standard InChI is InChI=1S/C9H9Cl2N3O/c10-6-1-2-7(8(11)5-6)9(3-4-15)13-14-12/h1-2,5,9,15H,3-4H2. The molecule has 0 saturated carbocycles. The Bertz CT molecular complexity index is 391. The highest BCUT2D eigenvalue weighted by Gasteiger charge is 2.12. The first kappa shape index (κ1) is 12.1.